The third-order valence-electron chi connectivity index (χ3n) is 3.51. The Kier molecular flexibility index (Phi) is 7.41. The average Bonchev–Trinajstić information content (AvgIpc) is 2.61. The number of carbonyl (C=O) groups is 3. The van der Waals surface area contributed by atoms with Crippen LogP contribution in [0.2, 0.25) is 0 Å². The Labute approximate surface area is 157 Å². The Morgan fingerprint density at radius 1 is 0.885 bits per heavy atom. The SMILES string of the molecule is CCCC(=O)Nc1ccc(C(=O)CSc2ccc(NC(C)=O)cc2)cc1. The summed E-state index contributed by atoms with van der Waals surface area (Å²) in [6.45, 7) is 3.41. The summed E-state index contributed by atoms with van der Waals surface area (Å²) in [6, 6.07) is 14.3. The molecule has 0 radical (unpaired) electrons. The number of nitrogens with one attached hydrogen (secondary N) is 2. The smallest absolute Gasteiger partial charge is 0.224 e. The van der Waals surface area contributed by atoms with Crippen LogP contribution in [-0.2, 0) is 9.59 Å². The van der Waals surface area contributed by atoms with E-state index in [4.69, 9.17) is 0 Å². The molecule has 0 fully saturated rings. The largest absolute Gasteiger partial charge is 0.326 e. The van der Waals surface area contributed by atoms with E-state index in [9.17, 15) is 14.4 Å². The van der Waals surface area contributed by atoms with Gasteiger partial charge in [-0.3, -0.25) is 14.4 Å². The summed E-state index contributed by atoms with van der Waals surface area (Å²) in [5.41, 5.74) is 2.04. The van der Waals surface area contributed by atoms with E-state index in [1.165, 1.54) is 18.7 Å². The van der Waals surface area contributed by atoms with E-state index < -0.39 is 0 Å². The van der Waals surface area contributed by atoms with Gasteiger partial charge in [-0.1, -0.05) is 6.92 Å². The lowest BCUT2D eigenvalue weighted by molar-refractivity contribution is -0.116. The molecule has 2 amide bonds. The van der Waals surface area contributed by atoms with Crippen LogP contribution in [0, 0.1) is 0 Å². The zero-order valence-electron chi connectivity index (χ0n) is 14.9. The normalized spacial score (nSPS) is 10.2. The number of amides is 2. The van der Waals surface area contributed by atoms with Gasteiger partial charge in [0, 0.05) is 35.2 Å². The van der Waals surface area contributed by atoms with Gasteiger partial charge in [-0.25, -0.2) is 0 Å². The molecule has 2 N–H and O–H groups in total. The van der Waals surface area contributed by atoms with Crippen LogP contribution in [0.1, 0.15) is 37.0 Å². The fraction of sp³-hybridized carbons (Fsp3) is 0.250. The van der Waals surface area contributed by atoms with Crippen molar-refractivity contribution in [2.75, 3.05) is 16.4 Å². The van der Waals surface area contributed by atoms with E-state index in [2.05, 4.69) is 10.6 Å². The first-order valence-corrected chi connectivity index (χ1v) is 9.40. The minimum absolute atomic E-state index is 0.0207. The molecular formula is C20H22N2O3S. The van der Waals surface area contributed by atoms with Gasteiger partial charge in [0.05, 0.1) is 5.75 Å². The Balaban J connectivity index is 1.87. The first-order valence-electron chi connectivity index (χ1n) is 8.41. The molecule has 0 aliphatic heterocycles. The fourth-order valence-corrected chi connectivity index (χ4v) is 3.05. The highest BCUT2D eigenvalue weighted by Gasteiger charge is 2.08. The van der Waals surface area contributed by atoms with Crippen molar-refractivity contribution in [2.24, 2.45) is 0 Å². The van der Waals surface area contributed by atoms with E-state index in [-0.39, 0.29) is 17.6 Å². The third kappa shape index (κ3) is 6.37. The molecule has 6 heteroatoms. The van der Waals surface area contributed by atoms with Crippen molar-refractivity contribution in [1.29, 1.82) is 0 Å². The number of hydrogen-bond donors (Lipinski definition) is 2. The number of hydrogen-bond acceptors (Lipinski definition) is 4. The maximum absolute atomic E-state index is 12.3. The van der Waals surface area contributed by atoms with Crippen molar-refractivity contribution >= 4 is 40.7 Å². The Hall–Kier alpha value is -2.60. The first-order chi connectivity index (χ1) is 12.5. The second-order valence-corrected chi connectivity index (χ2v) is 6.84. The predicted octanol–water partition coefficient (Wildman–Crippen LogP) is 4.36. The van der Waals surface area contributed by atoms with Gasteiger partial charge in [0.2, 0.25) is 11.8 Å². The van der Waals surface area contributed by atoms with E-state index in [0.717, 1.165) is 17.0 Å². The molecule has 0 saturated carbocycles. The van der Waals surface area contributed by atoms with Crippen LogP contribution in [0.3, 0.4) is 0 Å². The molecule has 0 saturated heterocycles. The third-order valence-corrected chi connectivity index (χ3v) is 4.52. The molecule has 0 aromatic heterocycles. The average molecular weight is 370 g/mol. The molecule has 0 atom stereocenters. The molecule has 2 aromatic carbocycles. The van der Waals surface area contributed by atoms with Crippen LogP contribution in [-0.4, -0.2) is 23.4 Å². The zero-order valence-corrected chi connectivity index (χ0v) is 15.7. The van der Waals surface area contributed by atoms with E-state index >= 15 is 0 Å². The molecule has 2 aromatic rings. The maximum atomic E-state index is 12.3. The summed E-state index contributed by atoms with van der Waals surface area (Å²) in [7, 11) is 0. The lowest BCUT2D eigenvalue weighted by Gasteiger charge is -2.06. The van der Waals surface area contributed by atoms with Gasteiger partial charge in [-0.2, -0.15) is 0 Å². The van der Waals surface area contributed by atoms with E-state index in [0.29, 0.717) is 23.4 Å². The van der Waals surface area contributed by atoms with Gasteiger partial charge in [-0.15, -0.1) is 11.8 Å². The van der Waals surface area contributed by atoms with Gasteiger partial charge in [0.25, 0.3) is 0 Å². The first kappa shape index (κ1) is 19.7. The summed E-state index contributed by atoms with van der Waals surface area (Å²) in [4.78, 5) is 35.8. The highest BCUT2D eigenvalue weighted by Crippen LogP contribution is 2.22. The molecule has 26 heavy (non-hydrogen) atoms. The van der Waals surface area contributed by atoms with Crippen LogP contribution in [0.15, 0.2) is 53.4 Å². The number of thioether (sulfide) groups is 1. The van der Waals surface area contributed by atoms with Gasteiger partial charge in [0.1, 0.15) is 0 Å². The van der Waals surface area contributed by atoms with Crippen LogP contribution in [0.25, 0.3) is 0 Å². The molecule has 0 bridgehead atoms. The molecular weight excluding hydrogens is 348 g/mol. The standard InChI is InChI=1S/C20H22N2O3S/c1-3-4-20(25)22-17-7-5-15(6-8-17)19(24)13-26-18-11-9-16(10-12-18)21-14(2)23/h5-12H,3-4,13H2,1-2H3,(H,21,23)(H,22,25). The highest BCUT2D eigenvalue weighted by molar-refractivity contribution is 8.00. The van der Waals surface area contributed by atoms with Crippen molar-refractivity contribution in [3.8, 4) is 0 Å². The number of ketones is 1. The second kappa shape index (κ2) is 9.77. The fourth-order valence-electron chi connectivity index (χ4n) is 2.26. The van der Waals surface area contributed by atoms with Crippen molar-refractivity contribution in [1.82, 2.24) is 0 Å². The molecule has 0 spiro atoms. The number of rotatable bonds is 8. The Morgan fingerprint density at radius 3 is 2.04 bits per heavy atom. The van der Waals surface area contributed by atoms with Gasteiger partial charge in [-0.05, 0) is 55.0 Å². The molecule has 5 nitrogen and oxygen atoms in total. The summed E-state index contributed by atoms with van der Waals surface area (Å²) >= 11 is 1.44. The zero-order chi connectivity index (χ0) is 18.9. The summed E-state index contributed by atoms with van der Waals surface area (Å²) in [5, 5.41) is 5.50. The molecule has 0 aliphatic carbocycles. The lowest BCUT2D eigenvalue weighted by atomic mass is 10.1. The van der Waals surface area contributed by atoms with Crippen molar-refractivity contribution in [2.45, 2.75) is 31.6 Å². The molecule has 136 valence electrons. The van der Waals surface area contributed by atoms with Gasteiger partial charge >= 0.3 is 0 Å². The Morgan fingerprint density at radius 2 is 1.46 bits per heavy atom. The number of anilines is 2. The Bertz CT molecular complexity index is 771. The molecule has 0 aliphatic rings. The van der Waals surface area contributed by atoms with Gasteiger partial charge in [0.15, 0.2) is 5.78 Å². The number of Topliss-reactive ketones (excluding diaryl/α,β-unsaturated/α-hetero) is 1. The predicted molar refractivity (Wildman–Crippen MR) is 106 cm³/mol. The van der Waals surface area contributed by atoms with Crippen LogP contribution >= 0.6 is 11.8 Å². The monoisotopic (exact) mass is 370 g/mol. The number of carbonyl (C=O) groups excluding carboxylic acids is 3. The van der Waals surface area contributed by atoms with Crippen LogP contribution in [0.5, 0.6) is 0 Å². The molecule has 0 unspecified atom stereocenters. The summed E-state index contributed by atoms with van der Waals surface area (Å²) in [6.07, 6.45) is 1.28. The lowest BCUT2D eigenvalue weighted by Crippen LogP contribution is -2.10. The quantitative estimate of drug-likeness (QED) is 0.535. The van der Waals surface area contributed by atoms with Crippen LogP contribution < -0.4 is 10.6 Å². The minimum atomic E-state index is -0.116. The van der Waals surface area contributed by atoms with Crippen molar-refractivity contribution in [3.63, 3.8) is 0 Å². The van der Waals surface area contributed by atoms with Gasteiger partial charge < -0.3 is 10.6 Å². The second-order valence-electron chi connectivity index (χ2n) is 5.79. The molecule has 2 rings (SSSR count). The summed E-state index contributed by atoms with van der Waals surface area (Å²) in [5.74, 6) is 0.202. The minimum Gasteiger partial charge on any atom is -0.326 e. The topological polar surface area (TPSA) is 75.3 Å². The highest BCUT2D eigenvalue weighted by atomic mass is 32.2. The van der Waals surface area contributed by atoms with Crippen molar-refractivity contribution in [3.05, 3.63) is 54.1 Å². The van der Waals surface area contributed by atoms with Crippen LogP contribution in [0.4, 0.5) is 11.4 Å². The summed E-state index contributed by atoms with van der Waals surface area (Å²) < 4.78 is 0. The molecule has 0 heterocycles. The number of benzene rings is 2. The maximum Gasteiger partial charge on any atom is 0.224 e. The van der Waals surface area contributed by atoms with E-state index in [1.54, 1.807) is 24.3 Å². The van der Waals surface area contributed by atoms with E-state index in [1.807, 2.05) is 31.2 Å². The van der Waals surface area contributed by atoms with Crippen molar-refractivity contribution < 1.29 is 14.4 Å².